The van der Waals surface area contributed by atoms with E-state index < -0.39 is 34.6 Å². The predicted octanol–water partition coefficient (Wildman–Crippen LogP) is 5.00. The molecule has 0 amide bonds. The molecule has 0 saturated carbocycles. The van der Waals surface area contributed by atoms with E-state index in [1.807, 2.05) is 38.9 Å². The minimum Gasteiger partial charge on any atom is -0.481 e. The predicted molar refractivity (Wildman–Crippen MR) is 177 cm³/mol. The third kappa shape index (κ3) is 8.86. The first-order valence-corrected chi connectivity index (χ1v) is 17.1. The fourth-order valence-electron chi connectivity index (χ4n) is 5.83. The summed E-state index contributed by atoms with van der Waals surface area (Å²) in [7, 11) is 0.0977. The highest BCUT2D eigenvalue weighted by molar-refractivity contribution is 7.89. The third-order valence-corrected chi connectivity index (χ3v) is 9.51. The lowest BCUT2D eigenvalue weighted by molar-refractivity contribution is -0.139. The van der Waals surface area contributed by atoms with Gasteiger partial charge in [-0.05, 0) is 98.8 Å². The van der Waals surface area contributed by atoms with Gasteiger partial charge in [-0.1, -0.05) is 44.2 Å². The molecule has 1 aliphatic carbocycles. The molecule has 3 aromatic rings. The number of aliphatic carboxylic acids is 1. The first-order valence-electron chi connectivity index (χ1n) is 15.6. The molecule has 0 bridgehead atoms. The SMILES string of the molecule is CC(C)c1nc2c(c(-c3ccc(F)cc3)c1/C=C/C(O)CC(O)CC(=O)O)CCCc1ccc(S(=O)(=O)NCCCN(C)C)cc1-2. The number of carboxylic acids is 1. The van der Waals surface area contributed by atoms with Crippen LogP contribution >= 0.6 is 0 Å². The molecule has 1 aliphatic rings. The van der Waals surface area contributed by atoms with Gasteiger partial charge in [0.25, 0.3) is 0 Å². The first kappa shape index (κ1) is 35.4. The number of halogens is 1. The van der Waals surface area contributed by atoms with Gasteiger partial charge in [-0.25, -0.2) is 17.5 Å². The second-order valence-electron chi connectivity index (χ2n) is 12.4. The van der Waals surface area contributed by atoms with Crippen LogP contribution in [0.3, 0.4) is 0 Å². The zero-order chi connectivity index (χ0) is 33.6. The Balaban J connectivity index is 1.87. The van der Waals surface area contributed by atoms with E-state index in [4.69, 9.17) is 10.1 Å². The van der Waals surface area contributed by atoms with Gasteiger partial charge in [0.05, 0.1) is 34.9 Å². The van der Waals surface area contributed by atoms with Crippen molar-refractivity contribution in [2.45, 2.75) is 75.4 Å². The molecule has 4 rings (SSSR count). The molecule has 1 aromatic heterocycles. The molecule has 46 heavy (non-hydrogen) atoms. The van der Waals surface area contributed by atoms with Gasteiger partial charge in [-0.2, -0.15) is 0 Å². The Bertz CT molecular complexity index is 1670. The van der Waals surface area contributed by atoms with Crippen molar-refractivity contribution >= 4 is 22.1 Å². The Morgan fingerprint density at radius 1 is 1.11 bits per heavy atom. The number of fused-ring (bicyclic) bond motifs is 3. The third-order valence-electron chi connectivity index (χ3n) is 8.05. The number of rotatable bonds is 14. The van der Waals surface area contributed by atoms with E-state index in [1.165, 1.54) is 18.2 Å². The quantitative estimate of drug-likeness (QED) is 0.178. The lowest BCUT2D eigenvalue weighted by Crippen LogP contribution is -2.27. The molecule has 248 valence electrons. The van der Waals surface area contributed by atoms with E-state index in [1.54, 1.807) is 30.3 Å². The van der Waals surface area contributed by atoms with Gasteiger partial charge in [-0.3, -0.25) is 9.78 Å². The number of carboxylic acid groups (broad SMARTS) is 1. The number of nitrogens with one attached hydrogen (secondary N) is 1. The number of aliphatic hydroxyl groups excluding tert-OH is 2. The highest BCUT2D eigenvalue weighted by Gasteiger charge is 2.27. The fraction of sp³-hybridized carbons (Fsp3) is 0.429. The zero-order valence-corrected chi connectivity index (χ0v) is 27.6. The number of hydrogen-bond acceptors (Lipinski definition) is 7. The number of aryl methyl sites for hydroxylation is 1. The summed E-state index contributed by atoms with van der Waals surface area (Å²) in [4.78, 5) is 18.3. The molecule has 0 spiro atoms. The molecule has 0 saturated heterocycles. The molecule has 4 N–H and O–H groups in total. The fourth-order valence-corrected chi connectivity index (χ4v) is 6.93. The van der Waals surface area contributed by atoms with Crippen LogP contribution in [0.4, 0.5) is 4.39 Å². The van der Waals surface area contributed by atoms with Crippen LogP contribution in [0, 0.1) is 5.82 Å². The Morgan fingerprint density at radius 2 is 1.83 bits per heavy atom. The number of aliphatic hydroxyl groups is 2. The largest absolute Gasteiger partial charge is 0.481 e. The van der Waals surface area contributed by atoms with E-state index in [0.29, 0.717) is 37.2 Å². The highest BCUT2D eigenvalue weighted by atomic mass is 32.2. The van der Waals surface area contributed by atoms with Crippen molar-refractivity contribution in [1.29, 1.82) is 0 Å². The van der Waals surface area contributed by atoms with Crippen molar-refractivity contribution in [2.75, 3.05) is 27.2 Å². The van der Waals surface area contributed by atoms with Gasteiger partial charge >= 0.3 is 5.97 Å². The van der Waals surface area contributed by atoms with Gasteiger partial charge in [0, 0.05) is 24.1 Å². The second kappa shape index (κ2) is 15.4. The molecule has 2 unspecified atom stereocenters. The molecule has 2 aromatic carbocycles. The van der Waals surface area contributed by atoms with E-state index in [-0.39, 0.29) is 23.1 Å². The molecular formula is C35H44FN3O6S. The number of carbonyl (C=O) groups is 1. The lowest BCUT2D eigenvalue weighted by atomic mass is 9.86. The van der Waals surface area contributed by atoms with Crippen LogP contribution in [-0.2, 0) is 27.7 Å². The molecule has 9 nitrogen and oxygen atoms in total. The summed E-state index contributed by atoms with van der Waals surface area (Å²) in [6.45, 7) is 5.05. The minimum atomic E-state index is -3.78. The van der Waals surface area contributed by atoms with Crippen molar-refractivity contribution in [2.24, 2.45) is 0 Å². The second-order valence-corrected chi connectivity index (χ2v) is 14.2. The number of aromatic nitrogens is 1. The minimum absolute atomic E-state index is 0.0872. The van der Waals surface area contributed by atoms with Gasteiger partial charge in [0.2, 0.25) is 10.0 Å². The molecular weight excluding hydrogens is 609 g/mol. The van der Waals surface area contributed by atoms with Crippen molar-refractivity contribution < 1.29 is 32.9 Å². The Morgan fingerprint density at radius 3 is 2.48 bits per heavy atom. The van der Waals surface area contributed by atoms with E-state index in [0.717, 1.165) is 46.3 Å². The number of hydrogen-bond donors (Lipinski definition) is 4. The van der Waals surface area contributed by atoms with Crippen LogP contribution in [0.5, 0.6) is 0 Å². The van der Waals surface area contributed by atoms with Crippen molar-refractivity contribution in [1.82, 2.24) is 14.6 Å². The van der Waals surface area contributed by atoms with Gasteiger partial charge < -0.3 is 20.2 Å². The molecule has 0 aliphatic heterocycles. The molecule has 2 atom stereocenters. The summed E-state index contributed by atoms with van der Waals surface area (Å²) in [6.07, 6.45) is 3.09. The standard InChI is InChI=1S/C35H44FN3O6S/c1-22(2)34-30(16-14-26(40)19-27(41)20-32(42)43)33(24-9-12-25(36)13-10-24)29-8-5-7-23-11-15-28(21-31(23)35(29)38-34)46(44,45)37-17-6-18-39(3)4/h9-16,21-22,26-27,37,40-41H,5-8,17-20H2,1-4H3,(H,42,43)/b16-14+. The zero-order valence-electron chi connectivity index (χ0n) is 26.8. The summed E-state index contributed by atoms with van der Waals surface area (Å²) in [6, 6.07) is 11.4. The van der Waals surface area contributed by atoms with Gasteiger partial charge in [-0.15, -0.1) is 0 Å². The van der Waals surface area contributed by atoms with Gasteiger partial charge in [0.15, 0.2) is 0 Å². The summed E-state index contributed by atoms with van der Waals surface area (Å²) in [5.41, 5.74) is 6.28. The maximum atomic E-state index is 14.1. The van der Waals surface area contributed by atoms with Crippen LogP contribution in [-0.4, -0.2) is 79.0 Å². The first-order chi connectivity index (χ1) is 21.8. The van der Waals surface area contributed by atoms with E-state index in [2.05, 4.69) is 4.72 Å². The topological polar surface area (TPSA) is 140 Å². The Kier molecular flexibility index (Phi) is 11.8. The van der Waals surface area contributed by atoms with Crippen LogP contribution in [0.2, 0.25) is 0 Å². The Labute approximate surface area is 270 Å². The van der Waals surface area contributed by atoms with Gasteiger partial charge in [0.1, 0.15) is 5.82 Å². The van der Waals surface area contributed by atoms with Crippen LogP contribution in [0.1, 0.15) is 67.8 Å². The molecule has 0 radical (unpaired) electrons. The van der Waals surface area contributed by atoms with Crippen LogP contribution in [0.15, 0.2) is 53.4 Å². The maximum absolute atomic E-state index is 14.1. The number of nitrogens with zero attached hydrogens (tertiary/aromatic N) is 2. The smallest absolute Gasteiger partial charge is 0.305 e. The average Bonchev–Trinajstić information content (AvgIpc) is 3.16. The Hall–Kier alpha value is -3.48. The van der Waals surface area contributed by atoms with Crippen molar-refractivity contribution in [3.8, 4) is 22.4 Å². The normalized spacial score (nSPS) is 14.7. The maximum Gasteiger partial charge on any atom is 0.305 e. The lowest BCUT2D eigenvalue weighted by Gasteiger charge is -2.22. The molecule has 0 fully saturated rings. The van der Waals surface area contributed by atoms with Crippen molar-refractivity contribution in [3.05, 3.63) is 76.7 Å². The van der Waals surface area contributed by atoms with Crippen molar-refractivity contribution in [3.63, 3.8) is 0 Å². The number of pyridine rings is 1. The van der Waals surface area contributed by atoms with E-state index in [9.17, 15) is 27.8 Å². The summed E-state index contributed by atoms with van der Waals surface area (Å²) in [5, 5.41) is 29.7. The number of sulfonamides is 1. The van der Waals surface area contributed by atoms with E-state index >= 15 is 0 Å². The average molecular weight is 654 g/mol. The summed E-state index contributed by atoms with van der Waals surface area (Å²) in [5.74, 6) is -1.63. The van der Waals surface area contributed by atoms with Crippen LogP contribution in [0.25, 0.3) is 28.5 Å². The molecule has 1 heterocycles. The summed E-state index contributed by atoms with van der Waals surface area (Å²) < 4.78 is 43.5. The molecule has 11 heteroatoms. The monoisotopic (exact) mass is 653 g/mol. The highest BCUT2D eigenvalue weighted by Crippen LogP contribution is 2.42. The summed E-state index contributed by atoms with van der Waals surface area (Å²) >= 11 is 0. The van der Waals surface area contributed by atoms with Crippen LogP contribution < -0.4 is 4.72 Å². The number of benzene rings is 2.